The lowest BCUT2D eigenvalue weighted by atomic mass is 10.2. The van der Waals surface area contributed by atoms with Crippen LogP contribution in [0, 0.1) is 10.1 Å². The molecule has 0 saturated carbocycles. The van der Waals surface area contributed by atoms with Gasteiger partial charge in [0.1, 0.15) is 11.9 Å². The van der Waals surface area contributed by atoms with Crippen LogP contribution in [0.2, 0.25) is 0 Å². The van der Waals surface area contributed by atoms with Gasteiger partial charge in [0.2, 0.25) is 5.75 Å². The van der Waals surface area contributed by atoms with Crippen molar-refractivity contribution in [3.8, 4) is 11.5 Å². The van der Waals surface area contributed by atoms with Crippen molar-refractivity contribution in [1.29, 1.82) is 0 Å². The lowest BCUT2D eigenvalue weighted by molar-refractivity contribution is -0.390. The molecule has 26 heavy (non-hydrogen) atoms. The van der Waals surface area contributed by atoms with Crippen LogP contribution in [-0.4, -0.2) is 35.1 Å². The van der Waals surface area contributed by atoms with Gasteiger partial charge in [-0.15, -0.1) is 0 Å². The topological polar surface area (TPSA) is 94.8 Å². The number of amides is 1. The zero-order valence-electron chi connectivity index (χ0n) is 13.2. The number of pyridine rings is 1. The van der Waals surface area contributed by atoms with E-state index in [1.807, 2.05) is 0 Å². The Kier molecular flexibility index (Phi) is 4.92. The lowest BCUT2D eigenvalue weighted by Gasteiger charge is -2.20. The molecule has 1 atom stereocenters. The van der Waals surface area contributed by atoms with Crippen LogP contribution in [0.1, 0.15) is 6.42 Å². The van der Waals surface area contributed by atoms with Crippen LogP contribution in [0.15, 0.2) is 42.6 Å². The van der Waals surface area contributed by atoms with Crippen molar-refractivity contribution in [3.63, 3.8) is 0 Å². The predicted octanol–water partition coefficient (Wildman–Crippen LogP) is 2.78. The Balaban J connectivity index is 1.81. The van der Waals surface area contributed by atoms with Crippen LogP contribution in [-0.2, 0) is 4.79 Å². The van der Waals surface area contributed by atoms with Gasteiger partial charge in [-0.1, -0.05) is 12.1 Å². The van der Waals surface area contributed by atoms with Crippen molar-refractivity contribution >= 4 is 17.4 Å². The maximum atomic E-state index is 12.6. The molecule has 0 bridgehead atoms. The van der Waals surface area contributed by atoms with Crippen molar-refractivity contribution < 1.29 is 28.0 Å². The van der Waals surface area contributed by atoms with Gasteiger partial charge in [-0.2, -0.15) is 8.78 Å². The second-order valence-corrected chi connectivity index (χ2v) is 5.31. The molecule has 0 radical (unpaired) electrons. The summed E-state index contributed by atoms with van der Waals surface area (Å²) in [6.45, 7) is -2.83. The van der Waals surface area contributed by atoms with Gasteiger partial charge in [-0.3, -0.25) is 4.79 Å². The highest BCUT2D eigenvalue weighted by molar-refractivity contribution is 6.00. The summed E-state index contributed by atoms with van der Waals surface area (Å²) in [5, 5.41) is 11.0. The molecule has 0 spiro atoms. The average molecular weight is 365 g/mol. The van der Waals surface area contributed by atoms with Gasteiger partial charge in [0, 0.05) is 13.0 Å². The Morgan fingerprint density at radius 2 is 1.96 bits per heavy atom. The summed E-state index contributed by atoms with van der Waals surface area (Å²) in [7, 11) is 0. The number of alkyl halides is 2. The fourth-order valence-electron chi connectivity index (χ4n) is 2.64. The monoisotopic (exact) mass is 365 g/mol. The summed E-state index contributed by atoms with van der Waals surface area (Å²) in [4.78, 5) is 27.7. The molecule has 1 saturated heterocycles. The molecular weight excluding hydrogens is 352 g/mol. The van der Waals surface area contributed by atoms with E-state index in [9.17, 15) is 23.7 Å². The van der Waals surface area contributed by atoms with Gasteiger partial charge >= 0.3 is 12.4 Å². The summed E-state index contributed by atoms with van der Waals surface area (Å²) >= 11 is 0. The normalized spacial score (nSPS) is 16.8. The van der Waals surface area contributed by atoms with E-state index in [1.165, 1.54) is 41.4 Å². The minimum atomic E-state index is -3.03. The van der Waals surface area contributed by atoms with Crippen molar-refractivity contribution in [1.82, 2.24) is 4.98 Å². The molecule has 136 valence electrons. The first-order valence-corrected chi connectivity index (χ1v) is 7.58. The molecule has 2 heterocycles. The number of ether oxygens (including phenoxy) is 2. The van der Waals surface area contributed by atoms with Gasteiger partial charge < -0.3 is 24.5 Å². The SMILES string of the molecule is O=C1[C@@H](Oc2cccnc2[N+](=O)[O-])CCN1c1ccccc1OC(F)F. The second-order valence-electron chi connectivity index (χ2n) is 5.31. The van der Waals surface area contributed by atoms with Crippen molar-refractivity contribution in [2.24, 2.45) is 0 Å². The third kappa shape index (κ3) is 3.53. The molecular formula is C16H13F2N3O5. The van der Waals surface area contributed by atoms with Crippen molar-refractivity contribution in [2.75, 3.05) is 11.4 Å². The van der Waals surface area contributed by atoms with Crippen LogP contribution in [0.3, 0.4) is 0 Å². The molecule has 0 unspecified atom stereocenters. The van der Waals surface area contributed by atoms with Crippen molar-refractivity contribution in [2.45, 2.75) is 19.1 Å². The van der Waals surface area contributed by atoms with E-state index in [0.717, 1.165) is 0 Å². The maximum Gasteiger partial charge on any atom is 0.406 e. The highest BCUT2D eigenvalue weighted by Gasteiger charge is 2.37. The number of nitrogens with zero attached hydrogens (tertiary/aromatic N) is 3. The molecule has 1 fully saturated rings. The van der Waals surface area contributed by atoms with Gasteiger partial charge in [-0.25, -0.2) is 0 Å². The summed E-state index contributed by atoms with van der Waals surface area (Å²) < 4.78 is 35.0. The van der Waals surface area contributed by atoms with Crippen molar-refractivity contribution in [3.05, 3.63) is 52.7 Å². The van der Waals surface area contributed by atoms with E-state index in [2.05, 4.69) is 9.72 Å². The summed E-state index contributed by atoms with van der Waals surface area (Å²) in [5.74, 6) is -1.27. The summed E-state index contributed by atoms with van der Waals surface area (Å²) in [5.41, 5.74) is 0.185. The average Bonchev–Trinajstić information content (AvgIpc) is 2.96. The van der Waals surface area contributed by atoms with Crippen LogP contribution < -0.4 is 14.4 Å². The van der Waals surface area contributed by atoms with Gasteiger partial charge in [-0.05, 0) is 34.2 Å². The fraction of sp³-hybridized carbons (Fsp3) is 0.250. The molecule has 1 amide bonds. The summed E-state index contributed by atoms with van der Waals surface area (Å²) in [6.07, 6.45) is 0.483. The number of aromatic nitrogens is 1. The molecule has 1 aliphatic rings. The smallest absolute Gasteiger partial charge is 0.406 e. The number of rotatable bonds is 6. The number of nitro groups is 1. The Morgan fingerprint density at radius 3 is 2.69 bits per heavy atom. The number of hydrogen-bond donors (Lipinski definition) is 0. The third-order valence-corrected chi connectivity index (χ3v) is 3.72. The molecule has 2 aromatic rings. The van der Waals surface area contributed by atoms with E-state index >= 15 is 0 Å². The molecule has 0 N–H and O–H groups in total. The largest absolute Gasteiger partial charge is 0.472 e. The number of anilines is 1. The zero-order chi connectivity index (χ0) is 18.7. The molecule has 8 nitrogen and oxygen atoms in total. The first-order chi connectivity index (χ1) is 12.5. The molecule has 0 aliphatic carbocycles. The number of para-hydroxylation sites is 2. The van der Waals surface area contributed by atoms with Crippen LogP contribution in [0.5, 0.6) is 11.5 Å². The number of benzene rings is 1. The number of halogens is 2. The Labute approximate surface area is 146 Å². The highest BCUT2D eigenvalue weighted by Crippen LogP contribution is 2.34. The first kappa shape index (κ1) is 17.5. The Morgan fingerprint density at radius 1 is 1.23 bits per heavy atom. The molecule has 3 rings (SSSR count). The predicted molar refractivity (Wildman–Crippen MR) is 85.4 cm³/mol. The number of hydrogen-bond acceptors (Lipinski definition) is 6. The quantitative estimate of drug-likeness (QED) is 0.577. The highest BCUT2D eigenvalue weighted by atomic mass is 19.3. The molecule has 1 aromatic heterocycles. The number of carbonyl (C=O) groups excluding carboxylic acids is 1. The second kappa shape index (κ2) is 7.30. The molecule has 10 heteroatoms. The van der Waals surface area contributed by atoms with E-state index in [1.54, 1.807) is 6.07 Å². The van der Waals surface area contributed by atoms with Crippen LogP contribution in [0.25, 0.3) is 0 Å². The van der Waals surface area contributed by atoms with Gasteiger partial charge in [0.15, 0.2) is 6.10 Å². The van der Waals surface area contributed by atoms with E-state index in [4.69, 9.17) is 4.74 Å². The van der Waals surface area contributed by atoms with Gasteiger partial charge in [0.05, 0.1) is 5.69 Å². The lowest BCUT2D eigenvalue weighted by Crippen LogP contribution is -2.32. The summed E-state index contributed by atoms with van der Waals surface area (Å²) in [6, 6.07) is 8.69. The standard InChI is InChI=1S/C16H13F2N3O5/c17-16(18)26-11-5-2-1-4-10(11)20-9-7-13(15(20)22)25-12-6-3-8-19-14(12)21(23)24/h1-6,8,13,16H,7,9H2/t13-/m0/s1. The maximum absolute atomic E-state index is 12.6. The van der Waals surface area contributed by atoms with Crippen LogP contribution >= 0.6 is 0 Å². The third-order valence-electron chi connectivity index (χ3n) is 3.72. The molecule has 1 aliphatic heterocycles. The van der Waals surface area contributed by atoms with Gasteiger partial charge in [0.25, 0.3) is 5.91 Å². The van der Waals surface area contributed by atoms with Crippen LogP contribution in [0.4, 0.5) is 20.3 Å². The first-order valence-electron chi connectivity index (χ1n) is 7.58. The van der Waals surface area contributed by atoms with E-state index in [-0.39, 0.29) is 30.2 Å². The fourth-order valence-corrected chi connectivity index (χ4v) is 2.64. The van der Waals surface area contributed by atoms with E-state index in [0.29, 0.717) is 0 Å². The zero-order valence-corrected chi connectivity index (χ0v) is 13.2. The Bertz CT molecular complexity index is 833. The number of carbonyl (C=O) groups is 1. The minimum Gasteiger partial charge on any atom is -0.472 e. The minimum absolute atomic E-state index is 0.130. The molecule has 1 aromatic carbocycles. The van der Waals surface area contributed by atoms with E-state index < -0.39 is 29.4 Å². The Hall–Kier alpha value is -3.30.